The van der Waals surface area contributed by atoms with Crippen LogP contribution in [0.3, 0.4) is 0 Å². The summed E-state index contributed by atoms with van der Waals surface area (Å²) in [4.78, 5) is 25.1. The van der Waals surface area contributed by atoms with Gasteiger partial charge in [-0.1, -0.05) is 71.9 Å². The standard InChI is InChI=1S/C23H36O4/c1-5-8-9-10-13-17-26-22(24)19-15-11-12-16-20(19)23(25)27-21(7-3)18(4)14-6-2/h11-12,15-16,18,21H,5-10,13-14,17H2,1-4H3. The summed E-state index contributed by atoms with van der Waals surface area (Å²) in [7, 11) is 0. The van der Waals surface area contributed by atoms with Gasteiger partial charge in [0.05, 0.1) is 17.7 Å². The van der Waals surface area contributed by atoms with E-state index in [1.807, 2.05) is 6.92 Å². The van der Waals surface area contributed by atoms with Crippen molar-refractivity contribution in [2.45, 2.75) is 85.2 Å². The summed E-state index contributed by atoms with van der Waals surface area (Å²) in [5.41, 5.74) is 0.574. The van der Waals surface area contributed by atoms with Crippen molar-refractivity contribution in [2.24, 2.45) is 5.92 Å². The number of unbranched alkanes of at least 4 members (excludes halogenated alkanes) is 4. The molecule has 0 amide bonds. The number of esters is 2. The highest BCUT2D eigenvalue weighted by atomic mass is 16.5. The molecule has 4 nitrogen and oxygen atoms in total. The molecule has 27 heavy (non-hydrogen) atoms. The molecule has 0 saturated carbocycles. The summed E-state index contributed by atoms with van der Waals surface area (Å²) >= 11 is 0. The van der Waals surface area contributed by atoms with Gasteiger partial charge in [0.1, 0.15) is 6.10 Å². The topological polar surface area (TPSA) is 52.6 Å². The number of hydrogen-bond acceptors (Lipinski definition) is 4. The van der Waals surface area contributed by atoms with Crippen LogP contribution in [0.25, 0.3) is 0 Å². The molecule has 0 saturated heterocycles. The Bertz CT molecular complexity index is 567. The molecule has 1 aromatic rings. The molecule has 0 bridgehead atoms. The molecule has 4 heteroatoms. The Morgan fingerprint density at radius 2 is 1.52 bits per heavy atom. The maximum atomic E-state index is 12.7. The lowest BCUT2D eigenvalue weighted by Gasteiger charge is -2.23. The Morgan fingerprint density at radius 3 is 2.11 bits per heavy atom. The molecule has 0 heterocycles. The Morgan fingerprint density at radius 1 is 0.889 bits per heavy atom. The van der Waals surface area contributed by atoms with Gasteiger partial charge in [-0.3, -0.25) is 0 Å². The summed E-state index contributed by atoms with van der Waals surface area (Å²) in [5, 5.41) is 0. The van der Waals surface area contributed by atoms with Crippen molar-refractivity contribution in [1.82, 2.24) is 0 Å². The zero-order valence-electron chi connectivity index (χ0n) is 17.5. The highest BCUT2D eigenvalue weighted by Crippen LogP contribution is 2.20. The van der Waals surface area contributed by atoms with Crippen LogP contribution < -0.4 is 0 Å². The zero-order chi connectivity index (χ0) is 20.1. The molecule has 1 rings (SSSR count). The van der Waals surface area contributed by atoms with Gasteiger partial charge in [0, 0.05) is 0 Å². The third kappa shape index (κ3) is 8.15. The Hall–Kier alpha value is -1.84. The van der Waals surface area contributed by atoms with E-state index in [0.717, 1.165) is 38.5 Å². The highest BCUT2D eigenvalue weighted by Gasteiger charge is 2.24. The van der Waals surface area contributed by atoms with Gasteiger partial charge in [-0.25, -0.2) is 9.59 Å². The summed E-state index contributed by atoms with van der Waals surface area (Å²) in [6.07, 6.45) is 8.14. The minimum absolute atomic E-state index is 0.139. The summed E-state index contributed by atoms with van der Waals surface area (Å²) < 4.78 is 11.1. The van der Waals surface area contributed by atoms with E-state index in [4.69, 9.17) is 9.47 Å². The van der Waals surface area contributed by atoms with E-state index in [2.05, 4.69) is 20.8 Å². The lowest BCUT2D eigenvalue weighted by Crippen LogP contribution is -2.26. The number of ether oxygens (including phenoxy) is 2. The van der Waals surface area contributed by atoms with Gasteiger partial charge in [-0.05, 0) is 37.3 Å². The van der Waals surface area contributed by atoms with Crippen molar-refractivity contribution < 1.29 is 19.1 Å². The minimum atomic E-state index is -0.451. The predicted molar refractivity (Wildman–Crippen MR) is 109 cm³/mol. The third-order valence-corrected chi connectivity index (χ3v) is 4.89. The van der Waals surface area contributed by atoms with Crippen LogP contribution in [0.4, 0.5) is 0 Å². The van der Waals surface area contributed by atoms with Crippen molar-refractivity contribution in [3.8, 4) is 0 Å². The first-order chi connectivity index (χ1) is 13.0. The molecule has 0 aliphatic heterocycles. The second-order valence-electron chi connectivity index (χ2n) is 7.21. The molecule has 0 fully saturated rings. The van der Waals surface area contributed by atoms with Gasteiger partial charge >= 0.3 is 11.9 Å². The first-order valence-electron chi connectivity index (χ1n) is 10.5. The average molecular weight is 377 g/mol. The predicted octanol–water partition coefficient (Wildman–Crippen LogP) is 6.19. The van der Waals surface area contributed by atoms with Gasteiger partial charge in [-0.15, -0.1) is 0 Å². The molecule has 0 aromatic heterocycles. The van der Waals surface area contributed by atoms with E-state index >= 15 is 0 Å². The van der Waals surface area contributed by atoms with Gasteiger partial charge in [0.15, 0.2) is 0 Å². The molecule has 0 aliphatic rings. The summed E-state index contributed by atoms with van der Waals surface area (Å²) in [5.74, 6) is -0.598. The number of carbonyl (C=O) groups is 2. The molecular weight excluding hydrogens is 340 g/mol. The van der Waals surface area contributed by atoms with Crippen LogP contribution in [0.15, 0.2) is 24.3 Å². The van der Waals surface area contributed by atoms with E-state index in [1.165, 1.54) is 12.8 Å². The SMILES string of the molecule is CCCCCCCOC(=O)c1ccccc1C(=O)OC(CC)C(C)CCC. The number of benzene rings is 1. The Kier molecular flexibility index (Phi) is 11.5. The lowest BCUT2D eigenvalue weighted by molar-refractivity contribution is 0.0132. The van der Waals surface area contributed by atoms with E-state index < -0.39 is 11.9 Å². The van der Waals surface area contributed by atoms with E-state index in [1.54, 1.807) is 24.3 Å². The van der Waals surface area contributed by atoms with Crippen molar-refractivity contribution in [1.29, 1.82) is 0 Å². The van der Waals surface area contributed by atoms with Crippen LogP contribution >= 0.6 is 0 Å². The van der Waals surface area contributed by atoms with Crippen molar-refractivity contribution in [3.63, 3.8) is 0 Å². The normalized spacial score (nSPS) is 13.0. The van der Waals surface area contributed by atoms with Crippen LogP contribution in [-0.2, 0) is 9.47 Å². The molecule has 0 radical (unpaired) electrons. The second kappa shape index (κ2) is 13.3. The van der Waals surface area contributed by atoms with Crippen LogP contribution in [0.5, 0.6) is 0 Å². The van der Waals surface area contributed by atoms with Crippen molar-refractivity contribution in [3.05, 3.63) is 35.4 Å². The van der Waals surface area contributed by atoms with Crippen LogP contribution in [0, 0.1) is 5.92 Å². The van der Waals surface area contributed by atoms with Gasteiger partial charge in [0.2, 0.25) is 0 Å². The second-order valence-corrected chi connectivity index (χ2v) is 7.21. The molecule has 0 N–H and O–H groups in total. The first-order valence-corrected chi connectivity index (χ1v) is 10.5. The smallest absolute Gasteiger partial charge is 0.339 e. The monoisotopic (exact) mass is 376 g/mol. The van der Waals surface area contributed by atoms with Crippen LogP contribution in [0.2, 0.25) is 0 Å². The number of hydrogen-bond donors (Lipinski definition) is 0. The Labute approximate surface area is 164 Å². The van der Waals surface area contributed by atoms with Gasteiger partial charge in [0.25, 0.3) is 0 Å². The van der Waals surface area contributed by atoms with Crippen molar-refractivity contribution >= 4 is 11.9 Å². The maximum Gasteiger partial charge on any atom is 0.339 e. The van der Waals surface area contributed by atoms with Gasteiger partial charge in [-0.2, -0.15) is 0 Å². The average Bonchev–Trinajstić information content (AvgIpc) is 2.68. The van der Waals surface area contributed by atoms with E-state index in [9.17, 15) is 9.59 Å². The fraction of sp³-hybridized carbons (Fsp3) is 0.652. The molecule has 0 spiro atoms. The molecule has 2 unspecified atom stereocenters. The quantitative estimate of drug-likeness (QED) is 0.304. The third-order valence-electron chi connectivity index (χ3n) is 4.89. The van der Waals surface area contributed by atoms with Crippen LogP contribution in [0.1, 0.15) is 99.8 Å². The summed E-state index contributed by atoms with van der Waals surface area (Å²) in [6.45, 7) is 8.80. The molecule has 152 valence electrons. The number of rotatable bonds is 13. The fourth-order valence-electron chi connectivity index (χ4n) is 3.23. The van der Waals surface area contributed by atoms with Crippen LogP contribution in [-0.4, -0.2) is 24.6 Å². The fourth-order valence-corrected chi connectivity index (χ4v) is 3.23. The maximum absolute atomic E-state index is 12.7. The lowest BCUT2D eigenvalue weighted by atomic mass is 9.97. The molecular formula is C23H36O4. The van der Waals surface area contributed by atoms with Crippen molar-refractivity contribution in [2.75, 3.05) is 6.61 Å². The zero-order valence-corrected chi connectivity index (χ0v) is 17.5. The first kappa shape index (κ1) is 23.2. The van der Waals surface area contributed by atoms with E-state index in [0.29, 0.717) is 12.5 Å². The molecule has 2 atom stereocenters. The summed E-state index contributed by atoms with van der Waals surface area (Å²) in [6, 6.07) is 6.75. The molecule has 0 aliphatic carbocycles. The number of carbonyl (C=O) groups excluding carboxylic acids is 2. The van der Waals surface area contributed by atoms with Gasteiger partial charge < -0.3 is 9.47 Å². The molecule has 1 aromatic carbocycles. The minimum Gasteiger partial charge on any atom is -0.462 e. The van der Waals surface area contributed by atoms with E-state index in [-0.39, 0.29) is 17.2 Å². The largest absolute Gasteiger partial charge is 0.462 e. The highest BCUT2D eigenvalue weighted by molar-refractivity contribution is 6.03. The Balaban J connectivity index is 2.68.